The third kappa shape index (κ3) is 5.89. The number of hydrogen-bond acceptors (Lipinski definition) is 4. The summed E-state index contributed by atoms with van der Waals surface area (Å²) in [5.74, 6) is -0.559. The molecule has 1 aliphatic rings. The van der Waals surface area contributed by atoms with Crippen LogP contribution in [-0.2, 0) is 12.7 Å². The van der Waals surface area contributed by atoms with Crippen molar-refractivity contribution in [1.82, 2.24) is 9.88 Å². The van der Waals surface area contributed by atoms with Crippen LogP contribution in [0.15, 0.2) is 23.0 Å². The van der Waals surface area contributed by atoms with Crippen LogP contribution in [0.2, 0.25) is 0 Å². The van der Waals surface area contributed by atoms with E-state index in [1.807, 2.05) is 11.8 Å². The first kappa shape index (κ1) is 26.8. The summed E-state index contributed by atoms with van der Waals surface area (Å²) in [7, 11) is 1.50. The first-order valence-corrected chi connectivity index (χ1v) is 12.0. The Morgan fingerprint density at radius 1 is 1.11 bits per heavy atom. The van der Waals surface area contributed by atoms with E-state index in [9.17, 15) is 22.8 Å². The fraction of sp³-hybridized carbons (Fsp3) is 0.538. The van der Waals surface area contributed by atoms with E-state index in [0.29, 0.717) is 29.1 Å². The van der Waals surface area contributed by atoms with E-state index in [0.717, 1.165) is 43.4 Å². The first-order valence-electron chi connectivity index (χ1n) is 12.0. The Kier molecular flexibility index (Phi) is 7.99. The molecule has 192 valence electrons. The van der Waals surface area contributed by atoms with Gasteiger partial charge in [-0.1, -0.05) is 0 Å². The van der Waals surface area contributed by atoms with Crippen LogP contribution in [0.25, 0.3) is 0 Å². The van der Waals surface area contributed by atoms with Gasteiger partial charge in [0.05, 0.1) is 12.1 Å². The van der Waals surface area contributed by atoms with Gasteiger partial charge in [-0.25, -0.2) is 0 Å². The smallest absolute Gasteiger partial charge is 0.369 e. The number of carbonyl (C=O) groups is 1. The van der Waals surface area contributed by atoms with Gasteiger partial charge in [0, 0.05) is 48.2 Å². The molecule has 1 aromatic heterocycles. The highest BCUT2D eigenvalue weighted by molar-refractivity contribution is 5.97. The van der Waals surface area contributed by atoms with E-state index in [2.05, 4.69) is 4.98 Å². The summed E-state index contributed by atoms with van der Waals surface area (Å²) in [4.78, 5) is 31.9. The van der Waals surface area contributed by atoms with Gasteiger partial charge in [0.15, 0.2) is 0 Å². The average Bonchev–Trinajstić information content (AvgIpc) is 2.77. The van der Waals surface area contributed by atoms with Crippen molar-refractivity contribution in [3.63, 3.8) is 0 Å². The third-order valence-corrected chi connectivity index (χ3v) is 7.01. The lowest BCUT2D eigenvalue weighted by Gasteiger charge is -2.38. The number of aromatic nitrogens is 1. The second kappa shape index (κ2) is 10.4. The van der Waals surface area contributed by atoms with Crippen molar-refractivity contribution >= 4 is 11.6 Å². The molecule has 3 rings (SSSR count). The lowest BCUT2D eigenvalue weighted by Crippen LogP contribution is -2.41. The molecule has 9 heteroatoms. The zero-order valence-electron chi connectivity index (χ0n) is 21.1. The Bertz CT molecular complexity index is 1130. The second-order valence-electron chi connectivity index (χ2n) is 9.62. The second-order valence-corrected chi connectivity index (χ2v) is 9.62. The van der Waals surface area contributed by atoms with Gasteiger partial charge in [-0.3, -0.25) is 9.59 Å². The van der Waals surface area contributed by atoms with Crippen LogP contribution < -0.4 is 16.2 Å². The highest BCUT2D eigenvalue weighted by Gasteiger charge is 2.35. The number of nitrogens with zero attached hydrogens (tertiary/aromatic N) is 2. The zero-order valence-corrected chi connectivity index (χ0v) is 21.1. The summed E-state index contributed by atoms with van der Waals surface area (Å²) in [6.45, 7) is 7.65. The maximum atomic E-state index is 13.9. The molecular weight excluding hydrogens is 457 g/mol. The minimum Gasteiger partial charge on any atom is -0.369 e. The SMILES string of the molecule is CCN(c1cc(C(F)(F)F)cc(C(=O)N(C)Cc2c(C)cc(C)[nH]c2=O)c1C)C1CCC(N)CC1. The topological polar surface area (TPSA) is 82.4 Å². The van der Waals surface area contributed by atoms with E-state index in [1.54, 1.807) is 26.8 Å². The van der Waals surface area contributed by atoms with Crippen molar-refractivity contribution in [2.45, 2.75) is 78.2 Å². The van der Waals surface area contributed by atoms with Crippen molar-refractivity contribution in [1.29, 1.82) is 0 Å². The van der Waals surface area contributed by atoms with Crippen molar-refractivity contribution in [2.75, 3.05) is 18.5 Å². The average molecular weight is 493 g/mol. The van der Waals surface area contributed by atoms with Crippen molar-refractivity contribution in [3.8, 4) is 0 Å². The number of carbonyl (C=O) groups excluding carboxylic acids is 1. The predicted molar refractivity (Wildman–Crippen MR) is 132 cm³/mol. The molecule has 1 saturated carbocycles. The molecule has 2 aromatic rings. The number of aryl methyl sites for hydroxylation is 2. The summed E-state index contributed by atoms with van der Waals surface area (Å²) in [5, 5.41) is 0. The number of amides is 1. The molecule has 0 spiro atoms. The van der Waals surface area contributed by atoms with Gasteiger partial charge in [0.1, 0.15) is 0 Å². The third-order valence-electron chi connectivity index (χ3n) is 7.01. The van der Waals surface area contributed by atoms with Crippen LogP contribution in [0, 0.1) is 20.8 Å². The lowest BCUT2D eigenvalue weighted by molar-refractivity contribution is -0.137. The number of anilines is 1. The van der Waals surface area contributed by atoms with Crippen LogP contribution in [-0.4, -0.2) is 41.5 Å². The van der Waals surface area contributed by atoms with E-state index in [-0.39, 0.29) is 29.8 Å². The summed E-state index contributed by atoms with van der Waals surface area (Å²) in [6.07, 6.45) is -1.38. The van der Waals surface area contributed by atoms with Crippen molar-refractivity contribution < 1.29 is 18.0 Å². The van der Waals surface area contributed by atoms with Crippen LogP contribution in [0.1, 0.15) is 70.9 Å². The number of nitrogens with one attached hydrogen (secondary N) is 1. The standard InChI is InChI=1S/C26H35F3N4O2/c1-6-33(20-9-7-19(30)8-10-20)23-13-18(26(27,28)29)12-21(17(23)4)25(35)32(5)14-22-15(2)11-16(3)31-24(22)34/h11-13,19-20H,6-10,14,30H2,1-5H3,(H,31,34). The molecule has 1 aromatic carbocycles. The number of benzene rings is 1. The van der Waals surface area contributed by atoms with Crippen molar-refractivity contribution in [3.05, 3.63) is 62.1 Å². The zero-order chi connectivity index (χ0) is 26.1. The Balaban J connectivity index is 2.02. The maximum absolute atomic E-state index is 13.9. The minimum absolute atomic E-state index is 0.00974. The van der Waals surface area contributed by atoms with Gasteiger partial charge in [-0.15, -0.1) is 0 Å². The number of pyridine rings is 1. The first-order chi connectivity index (χ1) is 16.3. The summed E-state index contributed by atoms with van der Waals surface area (Å²) in [5.41, 5.74) is 7.61. The molecule has 0 radical (unpaired) electrons. The van der Waals surface area contributed by atoms with Gasteiger partial charge >= 0.3 is 6.18 Å². The highest BCUT2D eigenvalue weighted by Crippen LogP contribution is 2.38. The summed E-state index contributed by atoms with van der Waals surface area (Å²) >= 11 is 0. The van der Waals surface area contributed by atoms with Gasteiger partial charge in [-0.2, -0.15) is 13.2 Å². The highest BCUT2D eigenvalue weighted by atomic mass is 19.4. The van der Waals surface area contributed by atoms with Gasteiger partial charge in [0.25, 0.3) is 11.5 Å². The van der Waals surface area contributed by atoms with Crippen LogP contribution in [0.5, 0.6) is 0 Å². The molecule has 0 atom stereocenters. The molecule has 1 aliphatic carbocycles. The molecule has 0 bridgehead atoms. The molecule has 1 amide bonds. The Hall–Kier alpha value is -2.81. The Morgan fingerprint density at radius 3 is 2.29 bits per heavy atom. The number of nitrogens with two attached hydrogens (primary N) is 1. The molecular formula is C26H35F3N4O2. The van der Waals surface area contributed by atoms with Crippen molar-refractivity contribution in [2.24, 2.45) is 5.73 Å². The van der Waals surface area contributed by atoms with Crippen LogP contribution in [0.3, 0.4) is 0 Å². The Morgan fingerprint density at radius 2 is 1.74 bits per heavy atom. The normalized spacial score (nSPS) is 18.4. The predicted octanol–water partition coefficient (Wildman–Crippen LogP) is 4.69. The molecule has 1 fully saturated rings. The van der Waals surface area contributed by atoms with Gasteiger partial charge < -0.3 is 20.5 Å². The van der Waals surface area contributed by atoms with Gasteiger partial charge in [-0.05, 0) is 82.7 Å². The van der Waals surface area contributed by atoms with E-state index in [4.69, 9.17) is 5.73 Å². The summed E-state index contributed by atoms with van der Waals surface area (Å²) in [6, 6.07) is 4.06. The fourth-order valence-electron chi connectivity index (χ4n) is 5.01. The monoisotopic (exact) mass is 492 g/mol. The van der Waals surface area contributed by atoms with E-state index < -0.39 is 17.6 Å². The minimum atomic E-state index is -4.60. The molecule has 1 heterocycles. The quantitative estimate of drug-likeness (QED) is 0.613. The number of rotatable bonds is 6. The number of aromatic amines is 1. The molecule has 0 saturated heterocycles. The fourth-order valence-corrected chi connectivity index (χ4v) is 5.01. The lowest BCUT2D eigenvalue weighted by atomic mass is 9.89. The maximum Gasteiger partial charge on any atom is 0.416 e. The van der Waals surface area contributed by atoms with Crippen LogP contribution in [0.4, 0.5) is 18.9 Å². The summed E-state index contributed by atoms with van der Waals surface area (Å²) < 4.78 is 41.7. The molecule has 0 aliphatic heterocycles. The molecule has 6 nitrogen and oxygen atoms in total. The number of halogens is 3. The van der Waals surface area contributed by atoms with Crippen LogP contribution >= 0.6 is 0 Å². The van der Waals surface area contributed by atoms with E-state index in [1.165, 1.54) is 11.9 Å². The number of H-pyrrole nitrogens is 1. The van der Waals surface area contributed by atoms with E-state index >= 15 is 0 Å². The largest absolute Gasteiger partial charge is 0.416 e. The molecule has 3 N–H and O–H groups in total. The Labute approximate surface area is 204 Å². The molecule has 35 heavy (non-hydrogen) atoms. The molecule has 0 unspecified atom stereocenters. The van der Waals surface area contributed by atoms with Gasteiger partial charge in [0.2, 0.25) is 0 Å². The number of alkyl halides is 3. The number of hydrogen-bond donors (Lipinski definition) is 2.